The van der Waals surface area contributed by atoms with E-state index in [1.54, 1.807) is 6.20 Å². The molecule has 0 aliphatic heterocycles. The molecule has 1 N–H and O–H groups in total. The molecule has 3 rings (SSSR count). The summed E-state index contributed by atoms with van der Waals surface area (Å²) in [5, 5.41) is 4.00. The Morgan fingerprint density at radius 3 is 2.86 bits per heavy atom. The summed E-state index contributed by atoms with van der Waals surface area (Å²) in [6.45, 7) is 4.16. The summed E-state index contributed by atoms with van der Waals surface area (Å²) >= 11 is 1.54. The number of hydrogen-bond donors (Lipinski definition) is 1. The summed E-state index contributed by atoms with van der Waals surface area (Å²) in [5.74, 6) is -0.0686. The number of amides is 1. The zero-order chi connectivity index (χ0) is 14.8. The standard InChI is InChI=1S/C17H16N2OS/c1-3-12-10-15(21-11(12)2)17(20)19-14-8-4-6-13-7-5-9-18-16(13)14/h4-10H,3H2,1-2H3,(H,19,20). The van der Waals surface area contributed by atoms with Gasteiger partial charge >= 0.3 is 0 Å². The van der Waals surface area contributed by atoms with Gasteiger partial charge in [-0.1, -0.05) is 25.1 Å². The van der Waals surface area contributed by atoms with Crippen LogP contribution in [0.5, 0.6) is 0 Å². The maximum atomic E-state index is 12.4. The molecule has 0 aliphatic rings. The van der Waals surface area contributed by atoms with E-state index >= 15 is 0 Å². The number of nitrogens with zero attached hydrogens (tertiary/aromatic N) is 1. The number of thiophene rings is 1. The minimum atomic E-state index is -0.0686. The van der Waals surface area contributed by atoms with E-state index in [0.29, 0.717) is 0 Å². The SMILES string of the molecule is CCc1cc(C(=O)Nc2cccc3cccnc23)sc1C. The highest BCUT2D eigenvalue weighted by atomic mass is 32.1. The number of nitrogens with one attached hydrogen (secondary N) is 1. The average Bonchev–Trinajstić information content (AvgIpc) is 2.89. The normalized spacial score (nSPS) is 10.8. The molecule has 0 fully saturated rings. The molecule has 0 atom stereocenters. The zero-order valence-corrected chi connectivity index (χ0v) is 12.8. The summed E-state index contributed by atoms with van der Waals surface area (Å²) in [4.78, 5) is 18.7. The van der Waals surface area contributed by atoms with E-state index in [9.17, 15) is 4.79 Å². The smallest absolute Gasteiger partial charge is 0.265 e. The predicted octanol–water partition coefficient (Wildman–Crippen LogP) is 4.42. The van der Waals surface area contributed by atoms with E-state index in [2.05, 4.69) is 24.1 Å². The van der Waals surface area contributed by atoms with Gasteiger partial charge in [0.15, 0.2) is 0 Å². The number of para-hydroxylation sites is 1. The van der Waals surface area contributed by atoms with E-state index in [-0.39, 0.29) is 5.91 Å². The Balaban J connectivity index is 1.92. The van der Waals surface area contributed by atoms with Crippen molar-refractivity contribution in [3.63, 3.8) is 0 Å². The number of aromatic nitrogens is 1. The fraction of sp³-hybridized carbons (Fsp3) is 0.176. The maximum Gasteiger partial charge on any atom is 0.265 e. The van der Waals surface area contributed by atoms with Gasteiger partial charge in [0.05, 0.1) is 16.1 Å². The van der Waals surface area contributed by atoms with Crippen LogP contribution in [-0.2, 0) is 6.42 Å². The topological polar surface area (TPSA) is 42.0 Å². The number of anilines is 1. The van der Waals surface area contributed by atoms with E-state index in [0.717, 1.165) is 27.9 Å². The molecule has 4 heteroatoms. The Hall–Kier alpha value is -2.20. The lowest BCUT2D eigenvalue weighted by Gasteiger charge is -2.06. The molecule has 1 aromatic carbocycles. The zero-order valence-electron chi connectivity index (χ0n) is 12.0. The molecule has 3 aromatic rings. The quantitative estimate of drug-likeness (QED) is 0.777. The third-order valence-corrected chi connectivity index (χ3v) is 4.60. The second kappa shape index (κ2) is 5.66. The van der Waals surface area contributed by atoms with Crippen molar-refractivity contribution in [2.24, 2.45) is 0 Å². The van der Waals surface area contributed by atoms with Crippen LogP contribution in [-0.4, -0.2) is 10.9 Å². The monoisotopic (exact) mass is 296 g/mol. The van der Waals surface area contributed by atoms with Crippen LogP contribution in [0, 0.1) is 6.92 Å². The van der Waals surface area contributed by atoms with Gasteiger partial charge < -0.3 is 5.32 Å². The Bertz CT molecular complexity index is 802. The maximum absolute atomic E-state index is 12.4. The Morgan fingerprint density at radius 2 is 2.10 bits per heavy atom. The van der Waals surface area contributed by atoms with Crippen molar-refractivity contribution >= 4 is 33.8 Å². The number of carbonyl (C=O) groups is 1. The van der Waals surface area contributed by atoms with E-state index in [1.807, 2.05) is 36.4 Å². The lowest BCUT2D eigenvalue weighted by Crippen LogP contribution is -2.10. The predicted molar refractivity (Wildman–Crippen MR) is 88.1 cm³/mol. The van der Waals surface area contributed by atoms with E-state index in [1.165, 1.54) is 21.8 Å². The molecule has 106 valence electrons. The Morgan fingerprint density at radius 1 is 1.29 bits per heavy atom. The van der Waals surface area contributed by atoms with Gasteiger partial charge in [0, 0.05) is 16.5 Å². The number of pyridine rings is 1. The summed E-state index contributed by atoms with van der Waals surface area (Å²) < 4.78 is 0. The third kappa shape index (κ3) is 2.67. The Labute approximate surface area is 127 Å². The van der Waals surface area contributed by atoms with Crippen molar-refractivity contribution < 1.29 is 4.79 Å². The van der Waals surface area contributed by atoms with Crippen LogP contribution in [0.15, 0.2) is 42.6 Å². The number of fused-ring (bicyclic) bond motifs is 1. The van der Waals surface area contributed by atoms with Crippen LogP contribution in [0.4, 0.5) is 5.69 Å². The van der Waals surface area contributed by atoms with Gasteiger partial charge in [-0.2, -0.15) is 0 Å². The van der Waals surface area contributed by atoms with Crippen molar-refractivity contribution in [2.75, 3.05) is 5.32 Å². The second-order valence-corrected chi connectivity index (χ2v) is 6.14. The fourth-order valence-electron chi connectivity index (χ4n) is 2.37. The van der Waals surface area contributed by atoms with Crippen molar-refractivity contribution in [3.8, 4) is 0 Å². The molecule has 0 radical (unpaired) electrons. The minimum absolute atomic E-state index is 0.0686. The van der Waals surface area contributed by atoms with Crippen molar-refractivity contribution in [3.05, 3.63) is 57.9 Å². The first kappa shape index (κ1) is 13.8. The minimum Gasteiger partial charge on any atom is -0.319 e. The van der Waals surface area contributed by atoms with Crippen LogP contribution in [0.25, 0.3) is 10.9 Å². The number of rotatable bonds is 3. The van der Waals surface area contributed by atoms with Gasteiger partial charge in [-0.25, -0.2) is 0 Å². The van der Waals surface area contributed by atoms with Crippen molar-refractivity contribution in [2.45, 2.75) is 20.3 Å². The highest BCUT2D eigenvalue weighted by Crippen LogP contribution is 2.25. The highest BCUT2D eigenvalue weighted by molar-refractivity contribution is 7.14. The molecule has 0 bridgehead atoms. The van der Waals surface area contributed by atoms with Gasteiger partial charge in [0.1, 0.15) is 0 Å². The lowest BCUT2D eigenvalue weighted by molar-refractivity contribution is 0.103. The first-order valence-corrected chi connectivity index (χ1v) is 7.75. The molecule has 0 spiro atoms. The lowest BCUT2D eigenvalue weighted by atomic mass is 10.2. The molecule has 2 aromatic heterocycles. The van der Waals surface area contributed by atoms with Crippen LogP contribution in [0.3, 0.4) is 0 Å². The molecule has 21 heavy (non-hydrogen) atoms. The number of benzene rings is 1. The molecule has 0 saturated carbocycles. The molecular formula is C17H16N2OS. The largest absolute Gasteiger partial charge is 0.319 e. The summed E-state index contributed by atoms with van der Waals surface area (Å²) in [6, 6.07) is 11.7. The van der Waals surface area contributed by atoms with Crippen LogP contribution in [0.2, 0.25) is 0 Å². The number of aryl methyl sites for hydroxylation is 2. The second-order valence-electron chi connectivity index (χ2n) is 4.88. The molecule has 3 nitrogen and oxygen atoms in total. The van der Waals surface area contributed by atoms with Gasteiger partial charge in [-0.05, 0) is 37.1 Å². The highest BCUT2D eigenvalue weighted by Gasteiger charge is 2.13. The van der Waals surface area contributed by atoms with Gasteiger partial charge in [0.25, 0.3) is 5.91 Å². The molecule has 2 heterocycles. The number of hydrogen-bond acceptors (Lipinski definition) is 3. The molecule has 0 unspecified atom stereocenters. The third-order valence-electron chi connectivity index (χ3n) is 3.51. The van der Waals surface area contributed by atoms with Crippen LogP contribution < -0.4 is 5.32 Å². The van der Waals surface area contributed by atoms with E-state index < -0.39 is 0 Å². The van der Waals surface area contributed by atoms with Gasteiger partial charge in [0.2, 0.25) is 0 Å². The van der Waals surface area contributed by atoms with Gasteiger partial charge in [-0.3, -0.25) is 9.78 Å². The summed E-state index contributed by atoms with van der Waals surface area (Å²) in [6.07, 6.45) is 2.69. The number of carbonyl (C=O) groups excluding carboxylic acids is 1. The van der Waals surface area contributed by atoms with Crippen molar-refractivity contribution in [1.29, 1.82) is 0 Å². The van der Waals surface area contributed by atoms with Crippen molar-refractivity contribution in [1.82, 2.24) is 4.98 Å². The average molecular weight is 296 g/mol. The summed E-state index contributed by atoms with van der Waals surface area (Å²) in [5.41, 5.74) is 2.81. The summed E-state index contributed by atoms with van der Waals surface area (Å²) in [7, 11) is 0. The fourth-order valence-corrected chi connectivity index (χ4v) is 3.38. The van der Waals surface area contributed by atoms with Crippen LogP contribution >= 0.6 is 11.3 Å². The molecule has 0 aliphatic carbocycles. The van der Waals surface area contributed by atoms with Gasteiger partial charge in [-0.15, -0.1) is 11.3 Å². The first-order chi connectivity index (χ1) is 10.2. The Kier molecular flexibility index (Phi) is 3.71. The van der Waals surface area contributed by atoms with Crippen LogP contribution in [0.1, 0.15) is 27.0 Å². The van der Waals surface area contributed by atoms with E-state index in [4.69, 9.17) is 0 Å². The molecular weight excluding hydrogens is 280 g/mol. The molecule has 1 amide bonds. The first-order valence-electron chi connectivity index (χ1n) is 6.93. The molecule has 0 saturated heterocycles.